The van der Waals surface area contributed by atoms with Crippen molar-refractivity contribution < 1.29 is 0 Å². The van der Waals surface area contributed by atoms with E-state index in [0.717, 1.165) is 33.8 Å². The Morgan fingerprint density at radius 1 is 0.569 bits per heavy atom. The number of fused-ring (bicyclic) bond motifs is 6. The number of aromatic nitrogens is 4. The number of imidazole rings is 2. The number of benzene rings is 8. The molecule has 0 amide bonds. The van der Waals surface area contributed by atoms with Gasteiger partial charge in [0.25, 0.3) is 0 Å². The molecular weight excluding hydrogens is 619 g/mol. The predicted molar refractivity (Wildman–Crippen MR) is 213 cm³/mol. The predicted octanol–water partition coefficient (Wildman–Crippen LogP) is 9.85. The highest BCUT2D eigenvalue weighted by Crippen LogP contribution is 2.48. The summed E-state index contributed by atoms with van der Waals surface area (Å²) in [5.41, 5.74) is 14.4. The summed E-state index contributed by atoms with van der Waals surface area (Å²) in [6, 6.07) is 49.1. The summed E-state index contributed by atoms with van der Waals surface area (Å²) in [5.74, 6) is 1.97. The zero-order chi connectivity index (χ0) is 33.7. The maximum Gasteiger partial charge on any atom is 0.334 e. The average Bonchev–Trinajstić information content (AvgIpc) is 3.74. The van der Waals surface area contributed by atoms with Gasteiger partial charge in [0.05, 0.1) is 27.8 Å². The van der Waals surface area contributed by atoms with Crippen molar-refractivity contribution in [2.75, 3.05) is 0 Å². The smallest absolute Gasteiger partial charge is 0.334 e. The van der Waals surface area contributed by atoms with E-state index < -0.39 is 0 Å². The molecule has 4 heterocycles. The molecule has 2 aliphatic heterocycles. The van der Waals surface area contributed by atoms with Crippen molar-refractivity contribution in [3.63, 3.8) is 0 Å². The molecule has 0 N–H and O–H groups in total. The highest BCUT2D eigenvalue weighted by Gasteiger charge is 2.44. The Bertz CT molecular complexity index is 3090. The second-order valence-corrected chi connectivity index (χ2v) is 15.4. The van der Waals surface area contributed by atoms with Gasteiger partial charge in [-0.3, -0.25) is 4.57 Å². The first-order chi connectivity index (χ1) is 25.0. The fourth-order valence-corrected chi connectivity index (χ4v) is 9.40. The third-order valence-electron chi connectivity index (χ3n) is 11.6. The Morgan fingerprint density at radius 3 is 1.90 bits per heavy atom. The molecule has 8 aromatic carbocycles. The van der Waals surface area contributed by atoms with Crippen LogP contribution in [0.1, 0.15) is 26.3 Å². The lowest BCUT2D eigenvalue weighted by Crippen LogP contribution is -2.55. The van der Waals surface area contributed by atoms with Crippen LogP contribution in [-0.2, 0) is 5.41 Å². The zero-order valence-corrected chi connectivity index (χ0v) is 28.6. The van der Waals surface area contributed by atoms with E-state index in [1.807, 2.05) is 0 Å². The second-order valence-electron chi connectivity index (χ2n) is 15.4. The van der Waals surface area contributed by atoms with Gasteiger partial charge in [-0.25, -0.2) is 9.97 Å². The number of nitrogens with zero attached hydrogens (tertiary/aromatic N) is 4. The summed E-state index contributed by atoms with van der Waals surface area (Å²) in [4.78, 5) is 10.8. The zero-order valence-electron chi connectivity index (χ0n) is 28.6. The van der Waals surface area contributed by atoms with Crippen LogP contribution in [0.25, 0.3) is 94.0 Å². The van der Waals surface area contributed by atoms with E-state index in [-0.39, 0.29) is 12.3 Å². The van der Waals surface area contributed by atoms with Gasteiger partial charge in [0.15, 0.2) is 0 Å². The number of hydrogen-bond donors (Lipinski definition) is 0. The quantitative estimate of drug-likeness (QED) is 0.138. The summed E-state index contributed by atoms with van der Waals surface area (Å²) >= 11 is 0. The van der Waals surface area contributed by atoms with Crippen molar-refractivity contribution in [2.24, 2.45) is 0 Å². The summed E-state index contributed by atoms with van der Waals surface area (Å²) in [6.07, 6.45) is 0. The highest BCUT2D eigenvalue weighted by atomic mass is 15.1. The van der Waals surface area contributed by atoms with Gasteiger partial charge in [-0.15, -0.1) is 0 Å². The molecule has 0 fully saturated rings. The fourth-order valence-electron chi connectivity index (χ4n) is 9.40. The molecule has 0 bridgehead atoms. The van der Waals surface area contributed by atoms with Crippen LogP contribution in [0.4, 0.5) is 0 Å². The first kappa shape index (κ1) is 27.6. The van der Waals surface area contributed by atoms with Crippen molar-refractivity contribution in [3.05, 3.63) is 139 Å². The molecule has 0 saturated carbocycles. The normalized spacial score (nSPS) is 13.4. The van der Waals surface area contributed by atoms with Gasteiger partial charge in [-0.05, 0) is 61.1 Å². The Morgan fingerprint density at radius 2 is 1.20 bits per heavy atom. The number of hydrogen-bond acceptors (Lipinski definition) is 2. The number of rotatable bonds is 2. The molecule has 0 aliphatic carbocycles. The molecule has 0 unspecified atom stereocenters. The van der Waals surface area contributed by atoms with Gasteiger partial charge in [0, 0.05) is 27.5 Å². The van der Waals surface area contributed by atoms with Crippen molar-refractivity contribution in [3.8, 4) is 39.6 Å². The molecule has 5 heteroatoms. The van der Waals surface area contributed by atoms with Crippen molar-refractivity contribution in [1.82, 2.24) is 19.0 Å². The molecule has 10 aromatic rings. The maximum absolute atomic E-state index is 5.42. The van der Waals surface area contributed by atoms with Crippen LogP contribution in [0.15, 0.2) is 133 Å². The molecule has 0 spiro atoms. The minimum absolute atomic E-state index is 0.0457. The summed E-state index contributed by atoms with van der Waals surface area (Å²) in [6.45, 7) is 6.83. The lowest BCUT2D eigenvalue weighted by atomic mass is 9.45. The van der Waals surface area contributed by atoms with Gasteiger partial charge in [0.2, 0.25) is 0 Å². The van der Waals surface area contributed by atoms with E-state index in [4.69, 9.17) is 9.97 Å². The Hall–Kier alpha value is -6.20. The van der Waals surface area contributed by atoms with E-state index in [9.17, 15) is 0 Å². The third-order valence-corrected chi connectivity index (χ3v) is 11.6. The van der Waals surface area contributed by atoms with E-state index in [1.54, 1.807) is 0 Å². The van der Waals surface area contributed by atoms with Crippen LogP contribution in [0.3, 0.4) is 0 Å². The summed E-state index contributed by atoms with van der Waals surface area (Å²) < 4.78 is 5.03. The van der Waals surface area contributed by atoms with Crippen LogP contribution >= 0.6 is 0 Å². The van der Waals surface area contributed by atoms with E-state index in [2.05, 4.69) is 163 Å². The lowest BCUT2D eigenvalue weighted by molar-refractivity contribution is 0.591. The van der Waals surface area contributed by atoms with Crippen LogP contribution in [0.5, 0.6) is 0 Å². The van der Waals surface area contributed by atoms with E-state index in [1.165, 1.54) is 76.7 Å². The molecule has 238 valence electrons. The average molecular weight is 651 g/mol. The fraction of sp³-hybridized carbons (Fsp3) is 0.0870. The Kier molecular flexibility index (Phi) is 5.04. The van der Waals surface area contributed by atoms with Crippen LogP contribution in [0, 0.1) is 0 Å². The van der Waals surface area contributed by atoms with Crippen molar-refractivity contribution in [2.45, 2.75) is 26.2 Å². The first-order valence-corrected chi connectivity index (χ1v) is 17.9. The molecule has 51 heavy (non-hydrogen) atoms. The minimum atomic E-state index is -0.0870. The monoisotopic (exact) mass is 650 g/mol. The standard InChI is InChI=1S/C46H31BN4/c1-46(2,3)30-24-28-20-22-31-38-33(23-21-29(25-30)37(28)38)42-40-39(31)32-16-10-18-35-41(32)51(45(49-35)27-14-8-5-9-15-27)47(40)34-17-11-19-36-43(34)50(42)44(48-36)26-12-6-4-7-13-26/h4-25H,1-3H3. The third kappa shape index (κ3) is 3.41. The lowest BCUT2D eigenvalue weighted by Gasteiger charge is -2.36. The topological polar surface area (TPSA) is 35.6 Å². The highest BCUT2D eigenvalue weighted by molar-refractivity contribution is 6.90. The molecule has 0 atom stereocenters. The summed E-state index contributed by atoms with van der Waals surface area (Å²) in [7, 11) is 0. The van der Waals surface area contributed by atoms with Gasteiger partial charge in [-0.1, -0.05) is 142 Å². The Labute approximate surface area is 295 Å². The SMILES string of the molecule is CC(C)(C)c1cc2ccc3c4c5c(c6ccc(c1)c2c36)-n1c(-c2ccccc2)nc2cccc(c21)B5n1c(-c2ccccc2)nc2cccc-4c21. The molecule has 2 aliphatic rings. The van der Waals surface area contributed by atoms with Crippen LogP contribution in [-0.4, -0.2) is 25.9 Å². The van der Waals surface area contributed by atoms with Crippen molar-refractivity contribution >= 4 is 72.2 Å². The van der Waals surface area contributed by atoms with E-state index >= 15 is 0 Å². The Balaban J connectivity index is 1.34. The van der Waals surface area contributed by atoms with Crippen LogP contribution in [0.2, 0.25) is 0 Å². The van der Waals surface area contributed by atoms with Gasteiger partial charge in [-0.2, -0.15) is 0 Å². The van der Waals surface area contributed by atoms with Gasteiger partial charge in [0.1, 0.15) is 11.6 Å². The van der Waals surface area contributed by atoms with Crippen LogP contribution < -0.4 is 10.9 Å². The first-order valence-electron chi connectivity index (χ1n) is 17.9. The molecular formula is C46H31BN4. The molecule has 0 saturated heterocycles. The minimum Gasteiger partial charge on any atom is -0.359 e. The molecule has 12 rings (SSSR count). The molecule has 4 nitrogen and oxygen atoms in total. The number of para-hydroxylation sites is 2. The van der Waals surface area contributed by atoms with Gasteiger partial charge >= 0.3 is 6.85 Å². The maximum atomic E-state index is 5.42. The van der Waals surface area contributed by atoms with Gasteiger partial charge < -0.3 is 4.48 Å². The van der Waals surface area contributed by atoms with Crippen molar-refractivity contribution in [1.29, 1.82) is 0 Å². The largest absolute Gasteiger partial charge is 0.359 e. The second kappa shape index (κ2) is 9.32. The summed E-state index contributed by atoms with van der Waals surface area (Å²) in [5, 5.41) is 7.81. The molecule has 2 aromatic heterocycles. The van der Waals surface area contributed by atoms with E-state index in [0.29, 0.717) is 0 Å². The molecule has 0 radical (unpaired) electrons.